The highest BCUT2D eigenvalue weighted by Crippen LogP contribution is 1.93. The summed E-state index contributed by atoms with van der Waals surface area (Å²) in [5.74, 6) is 0.0790. The number of hydrogen-bond donors (Lipinski definition) is 2. The van der Waals surface area contributed by atoms with Crippen molar-refractivity contribution in [2.45, 2.75) is 19.4 Å². The molecular formula is C9H20N2O4. The van der Waals surface area contributed by atoms with Gasteiger partial charge in [0.1, 0.15) is 6.10 Å². The molecule has 15 heavy (non-hydrogen) atoms. The van der Waals surface area contributed by atoms with E-state index in [0.717, 1.165) is 6.42 Å². The zero-order valence-electron chi connectivity index (χ0n) is 9.31. The standard InChI is InChI=1S/C9H20N2O4/c1-8(9(10)11-12)15-5-3-4-14-7-6-13-2/h8,12H,3-7H2,1-2H3,(H2,10,11). The molecule has 0 spiro atoms. The summed E-state index contributed by atoms with van der Waals surface area (Å²) in [5, 5.41) is 11.2. The average Bonchev–Trinajstić information content (AvgIpc) is 2.26. The van der Waals surface area contributed by atoms with Crippen LogP contribution in [0.1, 0.15) is 13.3 Å². The number of nitrogens with two attached hydrogens (primary N) is 1. The van der Waals surface area contributed by atoms with Crippen LogP contribution in [0.4, 0.5) is 0 Å². The lowest BCUT2D eigenvalue weighted by Crippen LogP contribution is -2.29. The number of rotatable bonds is 9. The van der Waals surface area contributed by atoms with Crippen molar-refractivity contribution in [1.29, 1.82) is 0 Å². The number of amidine groups is 1. The fourth-order valence-electron chi connectivity index (χ4n) is 0.832. The van der Waals surface area contributed by atoms with Crippen LogP contribution in [0.15, 0.2) is 5.16 Å². The summed E-state index contributed by atoms with van der Waals surface area (Å²) in [7, 11) is 1.63. The van der Waals surface area contributed by atoms with E-state index in [9.17, 15) is 0 Å². The second-order valence-electron chi connectivity index (χ2n) is 3.00. The summed E-state index contributed by atoms with van der Waals surface area (Å²) in [6.07, 6.45) is 0.404. The van der Waals surface area contributed by atoms with Gasteiger partial charge in [0.05, 0.1) is 13.2 Å². The highest BCUT2D eigenvalue weighted by atomic mass is 16.5. The van der Waals surface area contributed by atoms with Gasteiger partial charge in [-0.2, -0.15) is 0 Å². The summed E-state index contributed by atoms with van der Waals surface area (Å²) in [5.41, 5.74) is 5.32. The second kappa shape index (κ2) is 9.70. The molecule has 0 aromatic rings. The Hall–Kier alpha value is -0.850. The Morgan fingerprint density at radius 3 is 2.67 bits per heavy atom. The number of methoxy groups -OCH3 is 1. The maximum Gasteiger partial charge on any atom is 0.168 e. The van der Waals surface area contributed by atoms with E-state index < -0.39 is 0 Å². The molecule has 0 aliphatic rings. The zero-order valence-corrected chi connectivity index (χ0v) is 9.31. The molecule has 90 valence electrons. The first-order valence-electron chi connectivity index (χ1n) is 4.88. The van der Waals surface area contributed by atoms with Crippen LogP contribution in [-0.2, 0) is 14.2 Å². The van der Waals surface area contributed by atoms with E-state index in [1.807, 2.05) is 0 Å². The molecular weight excluding hydrogens is 200 g/mol. The van der Waals surface area contributed by atoms with Gasteiger partial charge in [0.2, 0.25) is 0 Å². The molecule has 0 heterocycles. The predicted octanol–water partition coefficient (Wildman–Crippen LogP) is 0.191. The summed E-state index contributed by atoms with van der Waals surface area (Å²) >= 11 is 0. The Kier molecular flexibility index (Phi) is 9.15. The van der Waals surface area contributed by atoms with E-state index in [-0.39, 0.29) is 11.9 Å². The van der Waals surface area contributed by atoms with Gasteiger partial charge in [0.25, 0.3) is 0 Å². The molecule has 0 rings (SSSR count). The Morgan fingerprint density at radius 1 is 1.33 bits per heavy atom. The van der Waals surface area contributed by atoms with Crippen molar-refractivity contribution in [3.05, 3.63) is 0 Å². The van der Waals surface area contributed by atoms with Crippen LogP contribution in [0.5, 0.6) is 0 Å². The fourth-order valence-corrected chi connectivity index (χ4v) is 0.832. The Labute approximate surface area is 90.0 Å². The van der Waals surface area contributed by atoms with Crippen LogP contribution in [0.3, 0.4) is 0 Å². The Balaban J connectivity index is 3.24. The third-order valence-electron chi connectivity index (χ3n) is 1.76. The van der Waals surface area contributed by atoms with E-state index in [1.165, 1.54) is 0 Å². The van der Waals surface area contributed by atoms with Gasteiger partial charge in [-0.15, -0.1) is 0 Å². The molecule has 0 saturated carbocycles. The summed E-state index contributed by atoms with van der Waals surface area (Å²) in [4.78, 5) is 0. The van der Waals surface area contributed by atoms with Crippen LogP contribution in [0, 0.1) is 0 Å². The van der Waals surface area contributed by atoms with Gasteiger partial charge in [0.15, 0.2) is 5.84 Å². The molecule has 6 nitrogen and oxygen atoms in total. The van der Waals surface area contributed by atoms with Crippen LogP contribution in [-0.4, -0.2) is 50.7 Å². The first kappa shape index (κ1) is 14.2. The van der Waals surface area contributed by atoms with Gasteiger partial charge in [-0.1, -0.05) is 5.16 Å². The minimum Gasteiger partial charge on any atom is -0.409 e. The quantitative estimate of drug-likeness (QED) is 0.190. The molecule has 0 amide bonds. The van der Waals surface area contributed by atoms with Crippen molar-refractivity contribution in [3.8, 4) is 0 Å². The minimum atomic E-state index is -0.367. The van der Waals surface area contributed by atoms with Crippen LogP contribution >= 0.6 is 0 Å². The van der Waals surface area contributed by atoms with Crippen LogP contribution < -0.4 is 5.73 Å². The largest absolute Gasteiger partial charge is 0.409 e. The van der Waals surface area contributed by atoms with Gasteiger partial charge in [0, 0.05) is 20.3 Å². The number of ether oxygens (including phenoxy) is 3. The molecule has 0 aromatic heterocycles. The SMILES string of the molecule is COCCOCCCOC(C)C(N)=NO. The topological polar surface area (TPSA) is 86.3 Å². The average molecular weight is 220 g/mol. The Bertz CT molecular complexity index is 175. The lowest BCUT2D eigenvalue weighted by molar-refractivity contribution is 0.0452. The molecule has 0 aromatic carbocycles. The monoisotopic (exact) mass is 220 g/mol. The van der Waals surface area contributed by atoms with E-state index in [4.69, 9.17) is 25.2 Å². The number of oxime groups is 1. The van der Waals surface area contributed by atoms with Gasteiger partial charge in [-0.3, -0.25) is 0 Å². The zero-order chi connectivity index (χ0) is 11.5. The van der Waals surface area contributed by atoms with Crippen molar-refractivity contribution in [3.63, 3.8) is 0 Å². The van der Waals surface area contributed by atoms with E-state index in [2.05, 4.69) is 5.16 Å². The maximum absolute atomic E-state index is 8.35. The van der Waals surface area contributed by atoms with Gasteiger partial charge >= 0.3 is 0 Å². The van der Waals surface area contributed by atoms with Crippen molar-refractivity contribution in [2.24, 2.45) is 10.9 Å². The molecule has 6 heteroatoms. The molecule has 1 unspecified atom stereocenters. The summed E-state index contributed by atoms with van der Waals surface area (Å²) in [6, 6.07) is 0. The summed E-state index contributed by atoms with van der Waals surface area (Å²) in [6.45, 7) is 4.05. The third-order valence-corrected chi connectivity index (χ3v) is 1.76. The molecule has 0 radical (unpaired) electrons. The molecule has 1 atom stereocenters. The molecule has 0 bridgehead atoms. The van der Waals surface area contributed by atoms with E-state index >= 15 is 0 Å². The molecule has 0 aliphatic heterocycles. The Morgan fingerprint density at radius 2 is 2.07 bits per heavy atom. The number of hydrogen-bond acceptors (Lipinski definition) is 5. The highest BCUT2D eigenvalue weighted by molar-refractivity contribution is 5.83. The fraction of sp³-hybridized carbons (Fsp3) is 0.889. The predicted molar refractivity (Wildman–Crippen MR) is 56.1 cm³/mol. The van der Waals surface area contributed by atoms with Crippen molar-refractivity contribution in [1.82, 2.24) is 0 Å². The molecule has 0 fully saturated rings. The number of nitrogens with zero attached hydrogens (tertiary/aromatic N) is 1. The molecule has 3 N–H and O–H groups in total. The maximum atomic E-state index is 8.35. The third kappa shape index (κ3) is 8.17. The van der Waals surface area contributed by atoms with Crippen molar-refractivity contribution in [2.75, 3.05) is 33.5 Å². The first-order chi connectivity index (χ1) is 7.22. The van der Waals surface area contributed by atoms with Gasteiger partial charge in [-0.25, -0.2) is 0 Å². The molecule has 0 saturated heterocycles. The molecule has 0 aliphatic carbocycles. The first-order valence-corrected chi connectivity index (χ1v) is 4.88. The second-order valence-corrected chi connectivity index (χ2v) is 3.00. The van der Waals surface area contributed by atoms with Crippen molar-refractivity contribution < 1.29 is 19.4 Å². The van der Waals surface area contributed by atoms with Crippen molar-refractivity contribution >= 4 is 5.84 Å². The minimum absolute atomic E-state index is 0.0790. The van der Waals surface area contributed by atoms with E-state index in [1.54, 1.807) is 14.0 Å². The van der Waals surface area contributed by atoms with Crippen LogP contribution in [0.2, 0.25) is 0 Å². The summed E-state index contributed by atoms with van der Waals surface area (Å²) < 4.78 is 15.3. The smallest absolute Gasteiger partial charge is 0.168 e. The lowest BCUT2D eigenvalue weighted by atomic mass is 10.4. The van der Waals surface area contributed by atoms with Gasteiger partial charge < -0.3 is 25.2 Å². The lowest BCUT2D eigenvalue weighted by Gasteiger charge is -2.11. The van der Waals surface area contributed by atoms with Gasteiger partial charge in [-0.05, 0) is 13.3 Å². The highest BCUT2D eigenvalue weighted by Gasteiger charge is 2.06. The van der Waals surface area contributed by atoms with Crippen LogP contribution in [0.25, 0.3) is 0 Å². The van der Waals surface area contributed by atoms with E-state index in [0.29, 0.717) is 26.4 Å². The normalized spacial score (nSPS) is 14.1.